The maximum Gasteiger partial charge on any atom is 0.200 e. The normalized spacial score (nSPS) is 10.8. The van der Waals surface area contributed by atoms with E-state index in [2.05, 4.69) is 0 Å². The molecule has 20 heavy (non-hydrogen) atoms. The summed E-state index contributed by atoms with van der Waals surface area (Å²) >= 11 is 0. The van der Waals surface area contributed by atoms with Crippen molar-refractivity contribution in [3.05, 3.63) is 70.5 Å². The van der Waals surface area contributed by atoms with Crippen molar-refractivity contribution < 1.29 is 26.7 Å². The largest absolute Gasteiger partial charge is 0.372 e. The van der Waals surface area contributed by atoms with Crippen LogP contribution in [0.4, 0.5) is 22.0 Å². The third-order valence-electron chi connectivity index (χ3n) is 2.66. The SMILES string of the molecule is Fc1c(F)c(F)c(COCc2ccccc2)c(F)c1F. The molecule has 6 heteroatoms. The Hall–Kier alpha value is -1.95. The van der Waals surface area contributed by atoms with E-state index >= 15 is 0 Å². The van der Waals surface area contributed by atoms with Crippen LogP contribution in [0.5, 0.6) is 0 Å². The molecule has 0 unspecified atom stereocenters. The molecule has 0 aliphatic heterocycles. The molecule has 2 rings (SSSR count). The third-order valence-corrected chi connectivity index (χ3v) is 2.66. The average molecular weight is 288 g/mol. The molecule has 1 nitrogen and oxygen atoms in total. The Balaban J connectivity index is 2.14. The van der Waals surface area contributed by atoms with Gasteiger partial charge in [0.1, 0.15) is 0 Å². The van der Waals surface area contributed by atoms with Gasteiger partial charge >= 0.3 is 0 Å². The fraction of sp³-hybridized carbons (Fsp3) is 0.143. The zero-order valence-corrected chi connectivity index (χ0v) is 10.1. The molecule has 0 aromatic heterocycles. The predicted molar refractivity (Wildman–Crippen MR) is 61.2 cm³/mol. The van der Waals surface area contributed by atoms with Gasteiger partial charge in [-0.1, -0.05) is 30.3 Å². The number of rotatable bonds is 4. The standard InChI is InChI=1S/C14H9F5O/c15-10-9(11(16)13(18)14(19)12(10)17)7-20-6-8-4-2-1-3-5-8/h1-5H,6-7H2. The smallest absolute Gasteiger partial charge is 0.200 e. The van der Waals surface area contributed by atoms with Crippen LogP contribution in [0.25, 0.3) is 0 Å². The predicted octanol–water partition coefficient (Wildman–Crippen LogP) is 4.10. The van der Waals surface area contributed by atoms with Crippen molar-refractivity contribution in [1.29, 1.82) is 0 Å². The lowest BCUT2D eigenvalue weighted by molar-refractivity contribution is 0.100. The van der Waals surface area contributed by atoms with Crippen molar-refractivity contribution in [2.45, 2.75) is 13.2 Å². The van der Waals surface area contributed by atoms with E-state index in [-0.39, 0.29) is 6.61 Å². The van der Waals surface area contributed by atoms with Gasteiger partial charge in [-0.2, -0.15) is 0 Å². The highest BCUT2D eigenvalue weighted by Crippen LogP contribution is 2.23. The van der Waals surface area contributed by atoms with Crippen molar-refractivity contribution >= 4 is 0 Å². The minimum Gasteiger partial charge on any atom is -0.372 e. The molecular weight excluding hydrogens is 279 g/mol. The maximum absolute atomic E-state index is 13.3. The number of hydrogen-bond acceptors (Lipinski definition) is 1. The van der Waals surface area contributed by atoms with E-state index in [1.54, 1.807) is 30.3 Å². The van der Waals surface area contributed by atoms with Crippen LogP contribution in [-0.2, 0) is 18.0 Å². The van der Waals surface area contributed by atoms with Crippen molar-refractivity contribution in [2.24, 2.45) is 0 Å². The number of halogens is 5. The monoisotopic (exact) mass is 288 g/mol. The lowest BCUT2D eigenvalue weighted by atomic mass is 10.2. The van der Waals surface area contributed by atoms with E-state index < -0.39 is 41.3 Å². The third kappa shape index (κ3) is 2.80. The van der Waals surface area contributed by atoms with Crippen molar-refractivity contribution in [1.82, 2.24) is 0 Å². The summed E-state index contributed by atoms with van der Waals surface area (Å²) in [6.07, 6.45) is 0. The zero-order chi connectivity index (χ0) is 14.7. The van der Waals surface area contributed by atoms with E-state index in [9.17, 15) is 22.0 Å². The van der Waals surface area contributed by atoms with Gasteiger partial charge in [0.25, 0.3) is 0 Å². The van der Waals surface area contributed by atoms with Crippen molar-refractivity contribution in [2.75, 3.05) is 0 Å². The van der Waals surface area contributed by atoms with E-state index in [1.807, 2.05) is 0 Å². The molecule has 0 atom stereocenters. The Morgan fingerprint density at radius 2 is 1.15 bits per heavy atom. The van der Waals surface area contributed by atoms with Gasteiger partial charge in [-0.05, 0) is 5.56 Å². The second kappa shape index (κ2) is 6.00. The van der Waals surface area contributed by atoms with Gasteiger partial charge in [-0.15, -0.1) is 0 Å². The lowest BCUT2D eigenvalue weighted by Crippen LogP contribution is -2.08. The average Bonchev–Trinajstić information content (AvgIpc) is 2.48. The molecule has 0 saturated carbocycles. The summed E-state index contributed by atoms with van der Waals surface area (Å²) in [6, 6.07) is 8.65. The Kier molecular flexibility index (Phi) is 4.34. The zero-order valence-electron chi connectivity index (χ0n) is 10.1. The molecule has 0 radical (unpaired) electrons. The molecule has 0 amide bonds. The van der Waals surface area contributed by atoms with Gasteiger partial charge in [-0.25, -0.2) is 22.0 Å². The van der Waals surface area contributed by atoms with E-state index in [0.29, 0.717) is 0 Å². The minimum absolute atomic E-state index is 0.000332. The van der Waals surface area contributed by atoms with Crippen LogP contribution in [0.2, 0.25) is 0 Å². The summed E-state index contributed by atoms with van der Waals surface area (Å²) in [5.74, 6) is -9.85. The van der Waals surface area contributed by atoms with Gasteiger partial charge in [0.15, 0.2) is 23.3 Å². The number of benzene rings is 2. The van der Waals surface area contributed by atoms with Crippen LogP contribution < -0.4 is 0 Å². The molecule has 0 aliphatic carbocycles. The Bertz CT molecular complexity index is 584. The summed E-state index contributed by atoms with van der Waals surface area (Å²) < 4.78 is 70.3. The topological polar surface area (TPSA) is 9.23 Å². The fourth-order valence-electron chi connectivity index (χ4n) is 1.62. The first-order valence-corrected chi connectivity index (χ1v) is 5.64. The summed E-state index contributed by atoms with van der Waals surface area (Å²) in [5, 5.41) is 0. The van der Waals surface area contributed by atoms with Crippen LogP contribution >= 0.6 is 0 Å². The highest BCUT2D eigenvalue weighted by Gasteiger charge is 2.25. The molecular formula is C14H9F5O. The Morgan fingerprint density at radius 3 is 1.70 bits per heavy atom. The van der Waals surface area contributed by atoms with Crippen LogP contribution in [0.3, 0.4) is 0 Å². The van der Waals surface area contributed by atoms with Crippen molar-refractivity contribution in [3.63, 3.8) is 0 Å². The first-order chi connectivity index (χ1) is 9.52. The number of ether oxygens (including phenoxy) is 1. The molecule has 0 N–H and O–H groups in total. The van der Waals surface area contributed by atoms with Gasteiger partial charge in [-0.3, -0.25) is 0 Å². The van der Waals surface area contributed by atoms with Gasteiger partial charge in [0, 0.05) is 0 Å². The minimum atomic E-state index is -2.17. The summed E-state index contributed by atoms with van der Waals surface area (Å²) in [5.41, 5.74) is -0.256. The van der Waals surface area contributed by atoms with Crippen LogP contribution in [0, 0.1) is 29.1 Å². The first kappa shape index (κ1) is 14.5. The first-order valence-electron chi connectivity index (χ1n) is 5.64. The van der Waals surface area contributed by atoms with Crippen LogP contribution in [0.1, 0.15) is 11.1 Å². The molecule has 0 bridgehead atoms. The van der Waals surface area contributed by atoms with E-state index in [1.165, 1.54) is 0 Å². The van der Waals surface area contributed by atoms with E-state index in [0.717, 1.165) is 5.56 Å². The highest BCUT2D eigenvalue weighted by atomic mass is 19.2. The number of hydrogen-bond donors (Lipinski definition) is 0. The maximum atomic E-state index is 13.3. The van der Waals surface area contributed by atoms with Gasteiger partial charge < -0.3 is 4.74 Å². The van der Waals surface area contributed by atoms with E-state index in [4.69, 9.17) is 4.74 Å². The quantitative estimate of drug-likeness (QED) is 0.467. The molecule has 0 aliphatic rings. The Labute approximate surface area is 111 Å². The molecule has 0 saturated heterocycles. The molecule has 0 heterocycles. The van der Waals surface area contributed by atoms with Gasteiger partial charge in [0.2, 0.25) is 5.82 Å². The summed E-state index contributed by atoms with van der Waals surface area (Å²) in [6.45, 7) is -0.707. The molecule has 106 valence electrons. The lowest BCUT2D eigenvalue weighted by Gasteiger charge is -2.09. The highest BCUT2D eigenvalue weighted by molar-refractivity contribution is 5.23. The molecule has 0 spiro atoms. The molecule has 2 aromatic rings. The van der Waals surface area contributed by atoms with Gasteiger partial charge in [0.05, 0.1) is 18.8 Å². The van der Waals surface area contributed by atoms with Crippen LogP contribution in [0.15, 0.2) is 30.3 Å². The van der Waals surface area contributed by atoms with Crippen molar-refractivity contribution in [3.8, 4) is 0 Å². The summed E-state index contributed by atoms with van der Waals surface area (Å²) in [4.78, 5) is 0. The Morgan fingerprint density at radius 1 is 0.650 bits per heavy atom. The second-order valence-corrected chi connectivity index (χ2v) is 4.03. The van der Waals surface area contributed by atoms with Crippen LogP contribution in [-0.4, -0.2) is 0 Å². The molecule has 0 fully saturated rings. The summed E-state index contributed by atoms with van der Waals surface area (Å²) in [7, 11) is 0. The fourth-order valence-corrected chi connectivity index (χ4v) is 1.62. The second-order valence-electron chi connectivity index (χ2n) is 4.03. The molecule has 2 aromatic carbocycles.